The second kappa shape index (κ2) is 8.11. The molecular weight excluding hydrogens is 397 g/mol. The predicted molar refractivity (Wildman–Crippen MR) is 91.3 cm³/mol. The molecule has 0 radical (unpaired) electrons. The number of hydrogen-bond donors (Lipinski definition) is 1. The van der Waals surface area contributed by atoms with E-state index in [1.165, 1.54) is 24.4 Å². The molecule has 0 aliphatic rings. The molecule has 1 amide bonds. The van der Waals surface area contributed by atoms with Crippen LogP contribution in [0.2, 0.25) is 15.1 Å². The Morgan fingerprint density at radius 3 is 2.56 bits per heavy atom. The number of nitro benzene ring substituents is 1. The van der Waals surface area contributed by atoms with Crippen LogP contribution in [0.15, 0.2) is 30.5 Å². The topological polar surface area (TPSA) is 111 Å². The fourth-order valence-corrected chi connectivity index (χ4v) is 2.28. The van der Waals surface area contributed by atoms with E-state index < -0.39 is 29.1 Å². The summed E-state index contributed by atoms with van der Waals surface area (Å²) in [6, 6.07) is 4.77. The van der Waals surface area contributed by atoms with Gasteiger partial charge in [-0.25, -0.2) is 9.78 Å². The summed E-state index contributed by atoms with van der Waals surface area (Å²) in [7, 11) is 0. The molecule has 1 heterocycles. The normalized spacial score (nSPS) is 10.2. The highest BCUT2D eigenvalue weighted by Gasteiger charge is 2.18. The number of aromatic nitrogens is 1. The lowest BCUT2D eigenvalue weighted by atomic mass is 10.2. The van der Waals surface area contributed by atoms with Gasteiger partial charge in [-0.3, -0.25) is 14.9 Å². The average molecular weight is 405 g/mol. The van der Waals surface area contributed by atoms with Crippen molar-refractivity contribution in [2.45, 2.75) is 0 Å². The van der Waals surface area contributed by atoms with Crippen molar-refractivity contribution in [3.05, 3.63) is 61.2 Å². The van der Waals surface area contributed by atoms with Crippen molar-refractivity contribution in [1.29, 1.82) is 0 Å². The highest BCUT2D eigenvalue weighted by Crippen LogP contribution is 2.25. The van der Waals surface area contributed by atoms with Crippen LogP contribution >= 0.6 is 34.8 Å². The van der Waals surface area contributed by atoms with Gasteiger partial charge in [0.25, 0.3) is 11.6 Å². The Balaban J connectivity index is 1.98. The van der Waals surface area contributed by atoms with E-state index in [4.69, 9.17) is 39.5 Å². The summed E-state index contributed by atoms with van der Waals surface area (Å²) < 4.78 is 4.79. The Kier molecular flexibility index (Phi) is 6.13. The number of carbonyl (C=O) groups is 2. The van der Waals surface area contributed by atoms with Crippen LogP contribution in [0.3, 0.4) is 0 Å². The first-order chi connectivity index (χ1) is 11.8. The number of pyridine rings is 1. The molecule has 0 aliphatic carbocycles. The van der Waals surface area contributed by atoms with E-state index in [1.54, 1.807) is 0 Å². The third-order valence-corrected chi connectivity index (χ3v) is 3.59. The van der Waals surface area contributed by atoms with Crippen LogP contribution in [0, 0.1) is 10.1 Å². The Morgan fingerprint density at radius 1 is 1.20 bits per heavy atom. The number of carbonyl (C=O) groups excluding carboxylic acids is 2. The summed E-state index contributed by atoms with van der Waals surface area (Å²) in [6.45, 7) is -0.643. The predicted octanol–water partition coefficient (Wildman–Crippen LogP) is 3.75. The van der Waals surface area contributed by atoms with Gasteiger partial charge in [0.2, 0.25) is 0 Å². The minimum absolute atomic E-state index is 0.0502. The van der Waals surface area contributed by atoms with Crippen LogP contribution in [-0.4, -0.2) is 28.4 Å². The molecule has 130 valence electrons. The van der Waals surface area contributed by atoms with Crippen molar-refractivity contribution in [2.24, 2.45) is 0 Å². The summed E-state index contributed by atoms with van der Waals surface area (Å²) in [5.41, 5.74) is -0.565. The van der Waals surface area contributed by atoms with Crippen LogP contribution in [0.1, 0.15) is 10.4 Å². The molecule has 1 N–H and O–H groups in total. The van der Waals surface area contributed by atoms with E-state index in [1.807, 2.05) is 0 Å². The second-order valence-corrected chi connectivity index (χ2v) is 5.78. The zero-order valence-corrected chi connectivity index (χ0v) is 14.4. The summed E-state index contributed by atoms with van der Waals surface area (Å²) in [6.07, 6.45) is 1.28. The van der Waals surface area contributed by atoms with E-state index in [-0.39, 0.29) is 21.4 Å². The molecule has 0 fully saturated rings. The summed E-state index contributed by atoms with van der Waals surface area (Å²) in [4.78, 5) is 37.5. The number of halogens is 3. The Morgan fingerprint density at radius 2 is 1.92 bits per heavy atom. The number of amides is 1. The third kappa shape index (κ3) is 5.02. The van der Waals surface area contributed by atoms with Crippen molar-refractivity contribution in [2.75, 3.05) is 11.9 Å². The molecule has 11 heteroatoms. The monoisotopic (exact) mass is 403 g/mol. The smallest absolute Gasteiger partial charge is 0.338 e. The standard InChI is InChI=1S/C14H8Cl3N3O5/c15-8-4-10(17)13(18-5-8)19-12(21)6-25-14(22)7-1-2-9(16)11(3-7)20(23)24/h1-5H,6H2,(H,18,19,21). The van der Waals surface area contributed by atoms with Crippen molar-refractivity contribution in [3.63, 3.8) is 0 Å². The van der Waals surface area contributed by atoms with Gasteiger partial charge in [0.15, 0.2) is 12.4 Å². The number of nitrogens with zero attached hydrogens (tertiary/aromatic N) is 2. The first-order valence-corrected chi connectivity index (χ1v) is 7.63. The molecule has 0 atom stereocenters. The number of ether oxygens (including phenoxy) is 1. The molecule has 0 saturated carbocycles. The minimum atomic E-state index is -0.926. The Bertz CT molecular complexity index is 860. The van der Waals surface area contributed by atoms with Crippen LogP contribution in [-0.2, 0) is 9.53 Å². The fourth-order valence-electron chi connectivity index (χ4n) is 1.67. The maximum atomic E-state index is 11.9. The van der Waals surface area contributed by atoms with Crippen molar-refractivity contribution >= 4 is 58.2 Å². The molecule has 2 aromatic rings. The van der Waals surface area contributed by atoms with Gasteiger partial charge in [0.1, 0.15) is 5.02 Å². The van der Waals surface area contributed by atoms with Gasteiger partial charge < -0.3 is 10.1 Å². The van der Waals surface area contributed by atoms with Crippen LogP contribution in [0.5, 0.6) is 0 Å². The van der Waals surface area contributed by atoms with Crippen molar-refractivity contribution in [1.82, 2.24) is 4.98 Å². The van der Waals surface area contributed by atoms with Crippen LogP contribution in [0.4, 0.5) is 11.5 Å². The van der Waals surface area contributed by atoms with Gasteiger partial charge in [-0.05, 0) is 18.2 Å². The summed E-state index contributed by atoms with van der Waals surface area (Å²) >= 11 is 17.2. The molecule has 8 nitrogen and oxygen atoms in total. The van der Waals surface area contributed by atoms with Crippen LogP contribution < -0.4 is 5.32 Å². The summed E-state index contributed by atoms with van der Waals surface area (Å²) in [5.74, 6) is -1.58. The lowest BCUT2D eigenvalue weighted by Gasteiger charge is -2.07. The maximum Gasteiger partial charge on any atom is 0.338 e. The third-order valence-electron chi connectivity index (χ3n) is 2.78. The SMILES string of the molecule is O=C(COC(=O)c1ccc(Cl)c([N+](=O)[O-])c1)Nc1ncc(Cl)cc1Cl. The minimum Gasteiger partial charge on any atom is -0.452 e. The van der Waals surface area contributed by atoms with Gasteiger partial charge >= 0.3 is 5.97 Å². The van der Waals surface area contributed by atoms with E-state index >= 15 is 0 Å². The van der Waals surface area contributed by atoms with E-state index in [0.29, 0.717) is 5.02 Å². The van der Waals surface area contributed by atoms with E-state index in [0.717, 1.165) is 6.07 Å². The highest BCUT2D eigenvalue weighted by molar-refractivity contribution is 6.36. The number of nitro groups is 1. The first-order valence-electron chi connectivity index (χ1n) is 6.50. The molecule has 0 saturated heterocycles. The largest absolute Gasteiger partial charge is 0.452 e. The number of anilines is 1. The van der Waals surface area contributed by atoms with Gasteiger partial charge in [0, 0.05) is 12.3 Å². The van der Waals surface area contributed by atoms with Gasteiger partial charge in [-0.2, -0.15) is 0 Å². The molecule has 0 bridgehead atoms. The molecule has 2 rings (SSSR count). The van der Waals surface area contributed by atoms with Crippen LogP contribution in [0.25, 0.3) is 0 Å². The van der Waals surface area contributed by atoms with Gasteiger partial charge in [0.05, 0.1) is 20.5 Å². The molecule has 0 spiro atoms. The second-order valence-electron chi connectivity index (χ2n) is 4.53. The van der Waals surface area contributed by atoms with Gasteiger partial charge in [-0.1, -0.05) is 34.8 Å². The number of nitrogens with one attached hydrogen (secondary N) is 1. The first kappa shape index (κ1) is 18.9. The van der Waals surface area contributed by atoms with Gasteiger partial charge in [-0.15, -0.1) is 0 Å². The zero-order valence-electron chi connectivity index (χ0n) is 12.2. The maximum absolute atomic E-state index is 11.9. The van der Waals surface area contributed by atoms with Crippen molar-refractivity contribution in [3.8, 4) is 0 Å². The zero-order chi connectivity index (χ0) is 18.6. The number of hydrogen-bond acceptors (Lipinski definition) is 6. The number of benzene rings is 1. The Hall–Kier alpha value is -2.42. The average Bonchev–Trinajstić information content (AvgIpc) is 2.55. The molecule has 1 aromatic heterocycles. The lowest BCUT2D eigenvalue weighted by molar-refractivity contribution is -0.384. The molecule has 1 aromatic carbocycles. The highest BCUT2D eigenvalue weighted by atomic mass is 35.5. The van der Waals surface area contributed by atoms with Crippen molar-refractivity contribution < 1.29 is 19.2 Å². The molecule has 0 unspecified atom stereocenters. The van der Waals surface area contributed by atoms with E-state index in [2.05, 4.69) is 10.3 Å². The van der Waals surface area contributed by atoms with E-state index in [9.17, 15) is 19.7 Å². The summed E-state index contributed by atoms with van der Waals surface area (Å²) in [5, 5.41) is 13.4. The molecular formula is C14H8Cl3N3O5. The number of esters is 1. The quantitative estimate of drug-likeness (QED) is 0.461. The Labute approximate surface area is 155 Å². The molecule has 0 aliphatic heterocycles. The lowest BCUT2D eigenvalue weighted by Crippen LogP contribution is -2.21. The number of rotatable bonds is 5. The fraction of sp³-hybridized carbons (Fsp3) is 0.0714. The molecule has 25 heavy (non-hydrogen) atoms.